The Bertz CT molecular complexity index is 99.6. The van der Waals surface area contributed by atoms with E-state index in [9.17, 15) is 4.11 Å². The van der Waals surface area contributed by atoms with Crippen molar-refractivity contribution in [1.82, 2.24) is 0 Å². The van der Waals surface area contributed by atoms with Crippen LogP contribution in [0.3, 0.4) is 0 Å². The molecule has 8 heavy (non-hydrogen) atoms. The largest absolute Gasteiger partial charge is 0.309 e. The molecule has 0 rings (SSSR count). The van der Waals surface area contributed by atoms with E-state index in [1.54, 1.807) is 30.9 Å². The highest BCUT2D eigenvalue weighted by Gasteiger charge is 2.13. The minimum absolute atomic E-state index is 1.59. The van der Waals surface area contributed by atoms with Crippen molar-refractivity contribution in [3.05, 3.63) is 24.4 Å². The van der Waals surface area contributed by atoms with Crippen molar-refractivity contribution in [1.29, 1.82) is 0 Å². The molecule has 0 nitrogen and oxygen atoms in total. The van der Waals surface area contributed by atoms with Gasteiger partial charge in [0.15, 0.2) is 0 Å². The zero-order chi connectivity index (χ0) is 6.62. The highest BCUT2D eigenvalue weighted by atomic mass is 28.4. The quantitative estimate of drug-likeness (QED) is 0.306. The Morgan fingerprint density at radius 3 is 2.12 bits per heavy atom. The smallest absolute Gasteiger partial charge is 0.264 e. The molecular weight excluding hydrogens is 119 g/mol. The van der Waals surface area contributed by atoms with Crippen molar-refractivity contribution in [2.75, 3.05) is 0 Å². The molecule has 0 unspecified atom stereocenters. The molecule has 0 radical (unpaired) electrons. The third-order valence-electron chi connectivity index (χ3n) is 0.629. The molecule has 0 fully saturated rings. The van der Waals surface area contributed by atoms with Crippen LogP contribution in [0.2, 0.25) is 13.1 Å². The molecule has 0 aliphatic heterocycles. The maximum absolute atomic E-state index is 12.6. The molecule has 46 valence electrons. The second-order valence-corrected chi connectivity index (χ2v) is 5.62. The lowest BCUT2D eigenvalue weighted by Gasteiger charge is -1.99. The maximum atomic E-state index is 12.6. The normalized spacial score (nSPS) is 12.4. The summed E-state index contributed by atoms with van der Waals surface area (Å²) in [7, 11) is -2.43. The maximum Gasteiger partial charge on any atom is 0.264 e. The van der Waals surface area contributed by atoms with Gasteiger partial charge in [-0.25, -0.2) is 0 Å². The van der Waals surface area contributed by atoms with Crippen LogP contribution in [0.1, 0.15) is 0 Å². The van der Waals surface area contributed by atoms with Crippen LogP contribution < -0.4 is 0 Å². The number of rotatable bonds is 2. The summed E-state index contributed by atoms with van der Waals surface area (Å²) < 4.78 is 12.6. The van der Waals surface area contributed by atoms with E-state index in [4.69, 9.17) is 0 Å². The van der Waals surface area contributed by atoms with Crippen LogP contribution in [0, 0.1) is 0 Å². The van der Waals surface area contributed by atoms with Crippen LogP contribution in [0.4, 0.5) is 4.11 Å². The first kappa shape index (κ1) is 7.63. The molecular formula is C6H11FSi. The van der Waals surface area contributed by atoms with Crippen LogP contribution in [0.25, 0.3) is 0 Å². The Labute approximate surface area is 50.9 Å². The zero-order valence-electron chi connectivity index (χ0n) is 5.32. The Morgan fingerprint density at radius 2 is 2.00 bits per heavy atom. The van der Waals surface area contributed by atoms with E-state index in [1.165, 1.54) is 0 Å². The lowest BCUT2D eigenvalue weighted by atomic mass is 10.6. The molecule has 0 saturated heterocycles. The van der Waals surface area contributed by atoms with E-state index in [-0.39, 0.29) is 0 Å². The number of halogens is 1. The average molecular weight is 130 g/mol. The minimum Gasteiger partial charge on any atom is -0.309 e. The predicted octanol–water partition coefficient (Wildman–Crippen LogP) is 2.44. The Morgan fingerprint density at radius 1 is 1.50 bits per heavy atom. The third kappa shape index (κ3) is 5.63. The first-order valence-electron chi connectivity index (χ1n) is 2.55. The van der Waals surface area contributed by atoms with Crippen molar-refractivity contribution >= 4 is 8.41 Å². The summed E-state index contributed by atoms with van der Waals surface area (Å²) in [5.41, 5.74) is 1.60. The fourth-order valence-corrected chi connectivity index (χ4v) is 0.891. The zero-order valence-corrected chi connectivity index (χ0v) is 6.32. The van der Waals surface area contributed by atoms with Gasteiger partial charge < -0.3 is 4.11 Å². The van der Waals surface area contributed by atoms with Gasteiger partial charge in [0, 0.05) is 0 Å². The summed E-state index contributed by atoms with van der Waals surface area (Å²) in [6.45, 7) is 6.70. The SMILES string of the molecule is C=CC=C[Si](C)(C)F. The summed E-state index contributed by atoms with van der Waals surface area (Å²) in [4.78, 5) is 0. The number of allylic oxidation sites excluding steroid dienone is 2. The van der Waals surface area contributed by atoms with Gasteiger partial charge in [-0.2, -0.15) is 0 Å². The first-order chi connectivity index (χ1) is 3.56. The molecule has 0 saturated carbocycles. The Balaban J connectivity index is 3.69. The fraction of sp³-hybridized carbons (Fsp3) is 0.333. The van der Waals surface area contributed by atoms with E-state index < -0.39 is 8.41 Å². The monoisotopic (exact) mass is 130 g/mol. The van der Waals surface area contributed by atoms with E-state index in [0.29, 0.717) is 0 Å². The molecule has 0 amide bonds. The van der Waals surface area contributed by atoms with Crippen LogP contribution in [-0.4, -0.2) is 8.41 Å². The van der Waals surface area contributed by atoms with Crippen LogP contribution >= 0.6 is 0 Å². The molecule has 0 aliphatic rings. The molecule has 0 aromatic heterocycles. The van der Waals surface area contributed by atoms with Crippen LogP contribution in [0.5, 0.6) is 0 Å². The summed E-state index contributed by atoms with van der Waals surface area (Å²) in [6.07, 6.45) is 3.25. The molecule has 0 heterocycles. The Hall–Kier alpha value is -0.373. The van der Waals surface area contributed by atoms with E-state index in [1.807, 2.05) is 0 Å². The van der Waals surface area contributed by atoms with Gasteiger partial charge in [0.25, 0.3) is 8.41 Å². The summed E-state index contributed by atoms with van der Waals surface area (Å²) in [6, 6.07) is 0. The van der Waals surface area contributed by atoms with E-state index in [2.05, 4.69) is 6.58 Å². The van der Waals surface area contributed by atoms with Gasteiger partial charge in [-0.1, -0.05) is 24.4 Å². The lowest BCUT2D eigenvalue weighted by Crippen LogP contribution is -2.13. The van der Waals surface area contributed by atoms with Crippen molar-refractivity contribution in [3.8, 4) is 0 Å². The number of hydrogen-bond donors (Lipinski definition) is 0. The fourth-order valence-electron chi connectivity index (χ4n) is 0.297. The Kier molecular flexibility index (Phi) is 2.69. The molecule has 0 spiro atoms. The molecule has 0 aromatic rings. The first-order valence-corrected chi connectivity index (χ1v) is 5.51. The average Bonchev–Trinajstić information content (AvgIpc) is 1.59. The molecule has 0 aromatic carbocycles. The summed E-state index contributed by atoms with van der Waals surface area (Å²) in [5, 5.41) is 0. The van der Waals surface area contributed by atoms with Gasteiger partial charge in [-0.05, 0) is 13.1 Å². The molecule has 0 aliphatic carbocycles. The van der Waals surface area contributed by atoms with Gasteiger partial charge in [0.2, 0.25) is 0 Å². The molecule has 0 atom stereocenters. The van der Waals surface area contributed by atoms with Crippen molar-refractivity contribution in [3.63, 3.8) is 0 Å². The summed E-state index contributed by atoms with van der Waals surface area (Å²) >= 11 is 0. The lowest BCUT2D eigenvalue weighted by molar-refractivity contribution is 0.820. The van der Waals surface area contributed by atoms with Crippen LogP contribution in [-0.2, 0) is 0 Å². The van der Waals surface area contributed by atoms with Crippen molar-refractivity contribution in [2.45, 2.75) is 13.1 Å². The number of hydrogen-bond acceptors (Lipinski definition) is 0. The third-order valence-corrected chi connectivity index (χ3v) is 1.61. The standard InChI is InChI=1S/C6H11FSi/c1-4-5-6-8(2,3)7/h4-6H,1H2,2-3H3. The van der Waals surface area contributed by atoms with Gasteiger partial charge >= 0.3 is 0 Å². The van der Waals surface area contributed by atoms with E-state index in [0.717, 1.165) is 0 Å². The second-order valence-electron chi connectivity index (χ2n) is 2.16. The van der Waals surface area contributed by atoms with Gasteiger partial charge in [-0.3, -0.25) is 0 Å². The molecule has 0 bridgehead atoms. The highest BCUT2D eigenvalue weighted by molar-refractivity contribution is 6.75. The minimum atomic E-state index is -2.43. The van der Waals surface area contributed by atoms with Gasteiger partial charge in [-0.15, -0.1) is 0 Å². The molecule has 2 heteroatoms. The molecule has 0 N–H and O–H groups in total. The van der Waals surface area contributed by atoms with Crippen LogP contribution in [0.15, 0.2) is 24.4 Å². The predicted molar refractivity (Wildman–Crippen MR) is 37.9 cm³/mol. The topological polar surface area (TPSA) is 0 Å². The second kappa shape index (κ2) is 2.82. The van der Waals surface area contributed by atoms with Gasteiger partial charge in [0.1, 0.15) is 0 Å². The highest BCUT2D eigenvalue weighted by Crippen LogP contribution is 2.03. The van der Waals surface area contributed by atoms with Crippen molar-refractivity contribution in [2.24, 2.45) is 0 Å². The summed E-state index contributed by atoms with van der Waals surface area (Å²) in [5.74, 6) is 0. The van der Waals surface area contributed by atoms with Crippen molar-refractivity contribution < 1.29 is 4.11 Å². The van der Waals surface area contributed by atoms with E-state index >= 15 is 0 Å². The van der Waals surface area contributed by atoms with Gasteiger partial charge in [0.05, 0.1) is 0 Å².